The fourth-order valence-corrected chi connectivity index (χ4v) is 2.19. The van der Waals surface area contributed by atoms with Crippen LogP contribution >= 0.6 is 11.8 Å². The number of benzene rings is 1. The number of nitrogens with zero attached hydrogens (tertiary/aromatic N) is 3. The lowest BCUT2D eigenvalue weighted by atomic mass is 10.3. The van der Waals surface area contributed by atoms with Gasteiger partial charge < -0.3 is 4.57 Å². The van der Waals surface area contributed by atoms with Gasteiger partial charge in [-0.1, -0.05) is 23.9 Å². The predicted molar refractivity (Wildman–Crippen MR) is 61.6 cm³/mol. The van der Waals surface area contributed by atoms with Crippen LogP contribution in [0.3, 0.4) is 0 Å². The molecular formula is C11H11N3S. The molecule has 1 atom stereocenters. The van der Waals surface area contributed by atoms with Gasteiger partial charge in [0.15, 0.2) is 5.16 Å². The van der Waals surface area contributed by atoms with Gasteiger partial charge in [-0.15, -0.1) is 0 Å². The molecule has 0 N–H and O–H groups in total. The monoisotopic (exact) mass is 217 g/mol. The van der Waals surface area contributed by atoms with Gasteiger partial charge in [-0.25, -0.2) is 4.98 Å². The van der Waals surface area contributed by atoms with Crippen molar-refractivity contribution in [1.82, 2.24) is 9.55 Å². The lowest BCUT2D eigenvalue weighted by molar-refractivity contribution is 0.813. The van der Waals surface area contributed by atoms with Crippen LogP contribution < -0.4 is 0 Å². The van der Waals surface area contributed by atoms with Crippen LogP contribution in [0.2, 0.25) is 0 Å². The molecule has 0 saturated heterocycles. The molecule has 0 aliphatic heterocycles. The van der Waals surface area contributed by atoms with Gasteiger partial charge in [-0.05, 0) is 19.1 Å². The Bertz CT molecular complexity index is 524. The summed E-state index contributed by atoms with van der Waals surface area (Å²) in [6.07, 6.45) is 0. The van der Waals surface area contributed by atoms with Crippen molar-refractivity contribution >= 4 is 22.8 Å². The molecule has 2 aromatic rings. The van der Waals surface area contributed by atoms with Gasteiger partial charge in [-0.2, -0.15) is 5.26 Å². The van der Waals surface area contributed by atoms with E-state index in [0.29, 0.717) is 0 Å². The van der Waals surface area contributed by atoms with E-state index in [4.69, 9.17) is 5.26 Å². The van der Waals surface area contributed by atoms with E-state index < -0.39 is 0 Å². The second kappa shape index (κ2) is 3.95. The Morgan fingerprint density at radius 1 is 1.47 bits per heavy atom. The molecule has 1 unspecified atom stereocenters. The van der Waals surface area contributed by atoms with E-state index in [1.807, 2.05) is 42.8 Å². The standard InChI is InChI=1S/C11H11N3S/c1-8(7-12)15-11-13-9-5-3-4-6-10(9)14(11)2/h3-6,8H,1-2H3. The van der Waals surface area contributed by atoms with Crippen molar-refractivity contribution in [3.63, 3.8) is 0 Å². The zero-order valence-electron chi connectivity index (χ0n) is 8.64. The van der Waals surface area contributed by atoms with E-state index in [1.54, 1.807) is 0 Å². The number of imidazole rings is 1. The van der Waals surface area contributed by atoms with Gasteiger partial charge >= 0.3 is 0 Å². The first-order chi connectivity index (χ1) is 7.22. The highest BCUT2D eigenvalue weighted by atomic mass is 32.2. The van der Waals surface area contributed by atoms with E-state index >= 15 is 0 Å². The van der Waals surface area contributed by atoms with Crippen LogP contribution in [-0.4, -0.2) is 14.8 Å². The summed E-state index contributed by atoms with van der Waals surface area (Å²) in [5.74, 6) is 0. The van der Waals surface area contributed by atoms with Crippen molar-refractivity contribution in [1.29, 1.82) is 5.26 Å². The molecule has 15 heavy (non-hydrogen) atoms. The van der Waals surface area contributed by atoms with Gasteiger partial charge in [0.1, 0.15) is 0 Å². The first-order valence-corrected chi connectivity index (χ1v) is 5.58. The van der Waals surface area contributed by atoms with Crippen molar-refractivity contribution in [3.8, 4) is 6.07 Å². The maximum atomic E-state index is 8.75. The average molecular weight is 217 g/mol. The first kappa shape index (κ1) is 10.1. The zero-order valence-corrected chi connectivity index (χ0v) is 9.45. The summed E-state index contributed by atoms with van der Waals surface area (Å²) in [7, 11) is 1.97. The normalized spacial score (nSPS) is 12.6. The van der Waals surface area contributed by atoms with E-state index in [0.717, 1.165) is 16.2 Å². The van der Waals surface area contributed by atoms with Crippen molar-refractivity contribution in [3.05, 3.63) is 24.3 Å². The summed E-state index contributed by atoms with van der Waals surface area (Å²) in [6, 6.07) is 10.2. The number of aryl methyl sites for hydroxylation is 1. The Labute approximate surface area is 92.7 Å². The summed E-state index contributed by atoms with van der Waals surface area (Å²) in [5.41, 5.74) is 2.08. The molecule has 0 spiro atoms. The number of hydrogen-bond donors (Lipinski definition) is 0. The number of nitriles is 1. The van der Waals surface area contributed by atoms with Gasteiger partial charge in [0.05, 0.1) is 22.4 Å². The van der Waals surface area contributed by atoms with Gasteiger partial charge in [0, 0.05) is 7.05 Å². The lowest BCUT2D eigenvalue weighted by Crippen LogP contribution is -1.96. The molecule has 4 heteroatoms. The molecule has 1 aromatic carbocycles. The third-order valence-electron chi connectivity index (χ3n) is 2.21. The van der Waals surface area contributed by atoms with E-state index in [2.05, 4.69) is 11.1 Å². The predicted octanol–water partition coefficient (Wildman–Crippen LogP) is 2.58. The zero-order chi connectivity index (χ0) is 10.8. The lowest BCUT2D eigenvalue weighted by Gasteiger charge is -2.02. The van der Waals surface area contributed by atoms with E-state index in [-0.39, 0.29) is 5.25 Å². The molecule has 0 fully saturated rings. The van der Waals surface area contributed by atoms with Gasteiger partial charge in [0.2, 0.25) is 0 Å². The molecule has 76 valence electrons. The molecule has 3 nitrogen and oxygen atoms in total. The van der Waals surface area contributed by atoms with Crippen molar-refractivity contribution < 1.29 is 0 Å². The Hall–Kier alpha value is -1.47. The van der Waals surface area contributed by atoms with Crippen LogP contribution in [0.5, 0.6) is 0 Å². The molecule has 0 amide bonds. The third-order valence-corrected chi connectivity index (χ3v) is 3.25. The van der Waals surface area contributed by atoms with Crippen molar-refractivity contribution in [2.24, 2.45) is 7.05 Å². The quantitative estimate of drug-likeness (QED) is 0.726. The summed E-state index contributed by atoms with van der Waals surface area (Å²) in [6.45, 7) is 1.88. The van der Waals surface area contributed by atoms with Crippen LogP contribution in [0.15, 0.2) is 29.4 Å². The second-order valence-electron chi connectivity index (χ2n) is 3.33. The largest absolute Gasteiger partial charge is 0.322 e. The summed E-state index contributed by atoms with van der Waals surface area (Å²) in [4.78, 5) is 4.47. The number of fused-ring (bicyclic) bond motifs is 1. The summed E-state index contributed by atoms with van der Waals surface area (Å²) >= 11 is 1.49. The minimum absolute atomic E-state index is 0.0690. The maximum Gasteiger partial charge on any atom is 0.170 e. The molecule has 1 heterocycles. The SMILES string of the molecule is CC(C#N)Sc1nc2ccccc2n1C. The number of hydrogen-bond acceptors (Lipinski definition) is 3. The molecule has 2 rings (SSSR count). The van der Waals surface area contributed by atoms with Crippen molar-refractivity contribution in [2.45, 2.75) is 17.3 Å². The smallest absolute Gasteiger partial charge is 0.170 e. The van der Waals surface area contributed by atoms with Gasteiger partial charge in [0.25, 0.3) is 0 Å². The highest BCUT2D eigenvalue weighted by Crippen LogP contribution is 2.25. The summed E-state index contributed by atoms with van der Waals surface area (Å²) < 4.78 is 2.02. The maximum absolute atomic E-state index is 8.75. The minimum Gasteiger partial charge on any atom is -0.322 e. The molecule has 0 radical (unpaired) electrons. The number of para-hydroxylation sites is 2. The molecule has 0 aliphatic carbocycles. The second-order valence-corrected chi connectivity index (χ2v) is 4.64. The van der Waals surface area contributed by atoms with Crippen LogP contribution in [0.1, 0.15) is 6.92 Å². The number of thioether (sulfide) groups is 1. The summed E-state index contributed by atoms with van der Waals surface area (Å²) in [5, 5.41) is 9.58. The molecule has 0 aliphatic rings. The molecule has 0 bridgehead atoms. The highest BCUT2D eigenvalue weighted by molar-refractivity contribution is 8.00. The van der Waals surface area contributed by atoms with E-state index in [1.165, 1.54) is 11.8 Å². The number of rotatable bonds is 2. The van der Waals surface area contributed by atoms with Crippen LogP contribution in [0.25, 0.3) is 11.0 Å². The Morgan fingerprint density at radius 3 is 2.87 bits per heavy atom. The Morgan fingerprint density at radius 2 is 2.20 bits per heavy atom. The highest BCUT2D eigenvalue weighted by Gasteiger charge is 2.10. The minimum atomic E-state index is -0.0690. The van der Waals surface area contributed by atoms with Gasteiger partial charge in [-0.3, -0.25) is 0 Å². The van der Waals surface area contributed by atoms with Crippen LogP contribution in [-0.2, 0) is 7.05 Å². The molecule has 0 saturated carbocycles. The number of aromatic nitrogens is 2. The Kier molecular flexibility index (Phi) is 2.65. The average Bonchev–Trinajstić information content (AvgIpc) is 2.57. The molecule has 1 aromatic heterocycles. The fourth-order valence-electron chi connectivity index (χ4n) is 1.41. The fraction of sp³-hybridized carbons (Fsp3) is 0.273. The van der Waals surface area contributed by atoms with E-state index in [9.17, 15) is 0 Å². The topological polar surface area (TPSA) is 41.6 Å². The molecular weight excluding hydrogens is 206 g/mol. The van der Waals surface area contributed by atoms with Crippen LogP contribution in [0, 0.1) is 11.3 Å². The first-order valence-electron chi connectivity index (χ1n) is 4.70. The van der Waals surface area contributed by atoms with Crippen molar-refractivity contribution in [2.75, 3.05) is 0 Å². The Balaban J connectivity index is 2.45. The van der Waals surface area contributed by atoms with Crippen LogP contribution in [0.4, 0.5) is 0 Å². The third kappa shape index (κ3) is 1.83.